The van der Waals surface area contributed by atoms with Crippen molar-refractivity contribution < 1.29 is 0 Å². The van der Waals surface area contributed by atoms with E-state index < -0.39 is 0 Å². The third-order valence-corrected chi connectivity index (χ3v) is 3.35. The molecular formula is C18H13N3. The molecule has 3 heteroatoms. The lowest BCUT2D eigenvalue weighted by Gasteiger charge is -2.10. The lowest BCUT2D eigenvalue weighted by Crippen LogP contribution is -1.91. The highest BCUT2D eigenvalue weighted by Gasteiger charge is 2.08. The predicted molar refractivity (Wildman–Crippen MR) is 82.2 cm³/mol. The maximum absolute atomic E-state index is 9.00. The molecule has 0 amide bonds. The first-order valence-electron chi connectivity index (χ1n) is 6.69. The lowest BCUT2D eigenvalue weighted by molar-refractivity contribution is 1.25. The molecular weight excluding hydrogens is 258 g/mol. The van der Waals surface area contributed by atoms with Crippen LogP contribution in [0.15, 0.2) is 67.3 Å². The number of hydrogen-bond donors (Lipinski definition) is 0. The standard InChI is InChI=1S/C18H13N3/c19-8-7-14-5-6-15(16-3-1-9-20-12-16)11-18(14)17-4-2-10-21-13-17/h1-6,9-13H,7H2. The van der Waals surface area contributed by atoms with Crippen LogP contribution < -0.4 is 0 Å². The average Bonchev–Trinajstić information content (AvgIpc) is 2.57. The van der Waals surface area contributed by atoms with Gasteiger partial charge in [-0.15, -0.1) is 0 Å². The summed E-state index contributed by atoms with van der Waals surface area (Å²) >= 11 is 0. The van der Waals surface area contributed by atoms with E-state index in [4.69, 9.17) is 5.26 Å². The largest absolute Gasteiger partial charge is 0.264 e. The van der Waals surface area contributed by atoms with Crippen LogP contribution in [0.5, 0.6) is 0 Å². The van der Waals surface area contributed by atoms with Gasteiger partial charge in [0.15, 0.2) is 0 Å². The van der Waals surface area contributed by atoms with Crippen LogP contribution in [0.2, 0.25) is 0 Å². The molecule has 0 bridgehead atoms. The molecule has 0 unspecified atom stereocenters. The summed E-state index contributed by atoms with van der Waals surface area (Å²) < 4.78 is 0. The normalized spacial score (nSPS) is 10.0. The highest BCUT2D eigenvalue weighted by Crippen LogP contribution is 2.29. The topological polar surface area (TPSA) is 49.6 Å². The molecule has 0 atom stereocenters. The quantitative estimate of drug-likeness (QED) is 0.726. The molecule has 2 aromatic heterocycles. The fourth-order valence-electron chi connectivity index (χ4n) is 2.32. The first kappa shape index (κ1) is 13.0. The van der Waals surface area contributed by atoms with E-state index in [0.717, 1.165) is 27.8 Å². The zero-order valence-corrected chi connectivity index (χ0v) is 11.4. The summed E-state index contributed by atoms with van der Waals surface area (Å²) in [4.78, 5) is 8.33. The summed E-state index contributed by atoms with van der Waals surface area (Å²) in [6.07, 6.45) is 7.56. The van der Waals surface area contributed by atoms with Crippen molar-refractivity contribution in [3.63, 3.8) is 0 Å². The zero-order valence-electron chi connectivity index (χ0n) is 11.4. The Hall–Kier alpha value is -2.99. The molecule has 0 fully saturated rings. The fraction of sp³-hybridized carbons (Fsp3) is 0.0556. The molecule has 0 aliphatic heterocycles. The second-order valence-corrected chi connectivity index (χ2v) is 4.69. The van der Waals surface area contributed by atoms with Crippen LogP contribution in [0.25, 0.3) is 22.3 Å². The van der Waals surface area contributed by atoms with Crippen LogP contribution in [0.4, 0.5) is 0 Å². The van der Waals surface area contributed by atoms with Gasteiger partial charge in [0.2, 0.25) is 0 Å². The van der Waals surface area contributed by atoms with E-state index in [1.807, 2.05) is 48.8 Å². The average molecular weight is 271 g/mol. The van der Waals surface area contributed by atoms with E-state index in [-0.39, 0.29) is 0 Å². The van der Waals surface area contributed by atoms with Crippen LogP contribution in [-0.2, 0) is 6.42 Å². The monoisotopic (exact) mass is 271 g/mol. The van der Waals surface area contributed by atoms with Crippen molar-refractivity contribution in [1.29, 1.82) is 5.26 Å². The molecule has 2 heterocycles. The number of hydrogen-bond acceptors (Lipinski definition) is 3. The summed E-state index contributed by atoms with van der Waals surface area (Å²) in [5.74, 6) is 0. The van der Waals surface area contributed by atoms with Gasteiger partial charge in [-0.25, -0.2) is 0 Å². The number of benzene rings is 1. The number of pyridine rings is 2. The van der Waals surface area contributed by atoms with Crippen molar-refractivity contribution >= 4 is 0 Å². The van der Waals surface area contributed by atoms with Crippen molar-refractivity contribution in [2.24, 2.45) is 0 Å². The minimum absolute atomic E-state index is 0.386. The van der Waals surface area contributed by atoms with Crippen LogP contribution >= 0.6 is 0 Å². The molecule has 0 aliphatic carbocycles. The predicted octanol–water partition coefficient (Wildman–Crippen LogP) is 3.88. The third kappa shape index (κ3) is 2.80. The molecule has 0 N–H and O–H groups in total. The molecule has 0 saturated carbocycles. The van der Waals surface area contributed by atoms with Gasteiger partial charge in [0.25, 0.3) is 0 Å². The van der Waals surface area contributed by atoms with Gasteiger partial charge in [-0.2, -0.15) is 5.26 Å². The molecule has 0 aliphatic rings. The number of aromatic nitrogens is 2. The molecule has 3 nitrogen and oxygen atoms in total. The summed E-state index contributed by atoms with van der Waals surface area (Å²) in [7, 11) is 0. The van der Waals surface area contributed by atoms with E-state index in [2.05, 4.69) is 22.1 Å². The highest BCUT2D eigenvalue weighted by molar-refractivity contribution is 5.75. The Morgan fingerprint density at radius 1 is 0.857 bits per heavy atom. The fourth-order valence-corrected chi connectivity index (χ4v) is 2.32. The molecule has 100 valence electrons. The number of nitriles is 1. The summed E-state index contributed by atoms with van der Waals surface area (Å²) in [5.41, 5.74) is 5.23. The van der Waals surface area contributed by atoms with Gasteiger partial charge in [0, 0.05) is 35.9 Å². The van der Waals surface area contributed by atoms with Crippen LogP contribution in [0.1, 0.15) is 5.56 Å². The van der Waals surface area contributed by atoms with Crippen molar-refractivity contribution in [3.8, 4) is 28.3 Å². The maximum atomic E-state index is 9.00. The summed E-state index contributed by atoms with van der Waals surface area (Å²) in [6.45, 7) is 0. The Bertz CT molecular complexity index is 775. The Labute approximate surface area is 123 Å². The van der Waals surface area contributed by atoms with Crippen molar-refractivity contribution in [1.82, 2.24) is 9.97 Å². The van der Waals surface area contributed by atoms with Gasteiger partial charge in [0.05, 0.1) is 12.5 Å². The van der Waals surface area contributed by atoms with E-state index in [0.29, 0.717) is 6.42 Å². The van der Waals surface area contributed by atoms with Gasteiger partial charge in [-0.3, -0.25) is 9.97 Å². The van der Waals surface area contributed by atoms with E-state index >= 15 is 0 Å². The van der Waals surface area contributed by atoms with E-state index in [1.54, 1.807) is 12.4 Å². The molecule has 1 aromatic carbocycles. The van der Waals surface area contributed by atoms with Gasteiger partial charge in [-0.05, 0) is 34.9 Å². The SMILES string of the molecule is N#CCc1ccc(-c2cccnc2)cc1-c1cccnc1. The smallest absolute Gasteiger partial charge is 0.0669 e. The van der Waals surface area contributed by atoms with Crippen LogP contribution in [0.3, 0.4) is 0 Å². The van der Waals surface area contributed by atoms with Crippen molar-refractivity contribution in [2.75, 3.05) is 0 Å². The number of nitrogens with zero attached hydrogens (tertiary/aromatic N) is 3. The van der Waals surface area contributed by atoms with Gasteiger partial charge in [-0.1, -0.05) is 24.3 Å². The first-order chi connectivity index (χ1) is 10.4. The molecule has 0 spiro atoms. The van der Waals surface area contributed by atoms with Crippen molar-refractivity contribution in [3.05, 3.63) is 72.8 Å². The Morgan fingerprint density at radius 2 is 1.57 bits per heavy atom. The second kappa shape index (κ2) is 5.98. The molecule has 3 aromatic rings. The highest BCUT2D eigenvalue weighted by atomic mass is 14.6. The van der Waals surface area contributed by atoms with Gasteiger partial charge >= 0.3 is 0 Å². The number of rotatable bonds is 3. The Balaban J connectivity index is 2.14. The second-order valence-electron chi connectivity index (χ2n) is 4.69. The van der Waals surface area contributed by atoms with E-state index in [1.165, 1.54) is 0 Å². The van der Waals surface area contributed by atoms with Gasteiger partial charge in [0.1, 0.15) is 0 Å². The lowest BCUT2D eigenvalue weighted by atomic mass is 9.95. The Kier molecular flexibility index (Phi) is 3.70. The van der Waals surface area contributed by atoms with Gasteiger partial charge < -0.3 is 0 Å². The Morgan fingerprint density at radius 3 is 2.19 bits per heavy atom. The zero-order chi connectivity index (χ0) is 14.5. The third-order valence-electron chi connectivity index (χ3n) is 3.35. The van der Waals surface area contributed by atoms with Crippen molar-refractivity contribution in [2.45, 2.75) is 6.42 Å². The van der Waals surface area contributed by atoms with Crippen LogP contribution in [-0.4, -0.2) is 9.97 Å². The van der Waals surface area contributed by atoms with Crippen LogP contribution in [0, 0.1) is 11.3 Å². The summed E-state index contributed by atoms with van der Waals surface area (Å²) in [5, 5.41) is 9.00. The molecule has 3 rings (SSSR count). The minimum atomic E-state index is 0.386. The van der Waals surface area contributed by atoms with E-state index in [9.17, 15) is 0 Å². The maximum Gasteiger partial charge on any atom is 0.0669 e. The molecule has 21 heavy (non-hydrogen) atoms. The summed E-state index contributed by atoms with van der Waals surface area (Å²) in [6, 6.07) is 16.2. The minimum Gasteiger partial charge on any atom is -0.264 e. The molecule has 0 radical (unpaired) electrons. The first-order valence-corrected chi connectivity index (χ1v) is 6.69. The molecule has 0 saturated heterocycles.